The predicted octanol–water partition coefficient (Wildman–Crippen LogP) is 6.70. The average molecular weight is 557 g/mol. The molecule has 2 saturated heterocycles. The summed E-state index contributed by atoms with van der Waals surface area (Å²) in [5, 5.41) is 6.59. The van der Waals surface area contributed by atoms with Crippen molar-refractivity contribution in [2.24, 2.45) is 4.99 Å². The van der Waals surface area contributed by atoms with E-state index in [2.05, 4.69) is 22.7 Å². The molecule has 3 aliphatic rings. The molecule has 2 aliphatic heterocycles. The van der Waals surface area contributed by atoms with Crippen molar-refractivity contribution in [3.63, 3.8) is 0 Å². The van der Waals surface area contributed by atoms with E-state index < -0.39 is 5.92 Å². The number of amides is 1. The highest BCUT2D eigenvalue weighted by Gasteiger charge is 2.44. The van der Waals surface area contributed by atoms with E-state index in [9.17, 15) is 4.79 Å². The Balaban J connectivity index is 0.00000192. The number of nitrogens with one attached hydrogen (secondary N) is 2. The Bertz CT molecular complexity index is 1220. The lowest BCUT2D eigenvalue weighted by molar-refractivity contribution is -0.115. The molecule has 4 rings (SSSR count). The zero-order valence-corrected chi connectivity index (χ0v) is 25.2. The van der Waals surface area contributed by atoms with Gasteiger partial charge in [0, 0.05) is 25.1 Å². The number of hydrogen-bond acceptors (Lipinski definition) is 4. The number of likely N-dealkylation sites (tertiary alicyclic amines) is 1. The summed E-state index contributed by atoms with van der Waals surface area (Å²) in [7, 11) is 2.11. The van der Waals surface area contributed by atoms with Crippen LogP contribution in [0.25, 0.3) is 5.57 Å². The molecular formula is C32H48F2N5O+. The van der Waals surface area contributed by atoms with E-state index in [0.717, 1.165) is 37.1 Å². The molecule has 1 aliphatic carbocycles. The van der Waals surface area contributed by atoms with Crippen LogP contribution in [0.2, 0.25) is 0 Å². The molecule has 6 nitrogen and oxygen atoms in total. The van der Waals surface area contributed by atoms with E-state index in [0.29, 0.717) is 52.5 Å². The van der Waals surface area contributed by atoms with Gasteiger partial charge in [0.15, 0.2) is 0 Å². The maximum Gasteiger partial charge on any atom is 0.273 e. The second-order valence-electron chi connectivity index (χ2n) is 10.7. The number of aromatic nitrogens is 1. The largest absolute Gasteiger partial charge is 0.307 e. The highest BCUT2D eigenvalue weighted by Crippen LogP contribution is 2.38. The Labute approximate surface area is 240 Å². The number of alkyl halides is 2. The highest BCUT2D eigenvalue weighted by molar-refractivity contribution is 6.16. The first-order valence-corrected chi connectivity index (χ1v) is 14.7. The SMILES string of the molecule is C/C=C\CN=C(NC(=O)C1=CC=C1)/C(CC)=C(\C)c1cc(C(F)(F)CC)cc([N+]2(C)CC3CCC(C2)N3)n1.CC.[HH]. The van der Waals surface area contributed by atoms with E-state index >= 15 is 8.78 Å². The van der Waals surface area contributed by atoms with Crippen LogP contribution in [0, 0.1) is 0 Å². The van der Waals surface area contributed by atoms with Crippen LogP contribution in [0.15, 0.2) is 58.7 Å². The topological polar surface area (TPSA) is 66.4 Å². The van der Waals surface area contributed by atoms with Gasteiger partial charge in [0.05, 0.1) is 44.5 Å². The Morgan fingerprint density at radius 1 is 1.25 bits per heavy atom. The molecule has 0 radical (unpaired) electrons. The normalized spacial score (nSPS) is 24.6. The Morgan fingerprint density at radius 2 is 1.90 bits per heavy atom. The fourth-order valence-electron chi connectivity index (χ4n) is 5.57. The predicted molar refractivity (Wildman–Crippen MR) is 165 cm³/mol. The number of nitrogens with zero attached hydrogens (tertiary/aromatic N) is 3. The Morgan fingerprint density at radius 3 is 2.42 bits per heavy atom. The van der Waals surface area contributed by atoms with Crippen molar-refractivity contribution in [2.75, 3.05) is 26.7 Å². The van der Waals surface area contributed by atoms with Crippen molar-refractivity contribution in [1.82, 2.24) is 20.1 Å². The fourth-order valence-corrected chi connectivity index (χ4v) is 5.57. The summed E-state index contributed by atoms with van der Waals surface area (Å²) in [4.78, 5) is 22.4. The van der Waals surface area contributed by atoms with Gasteiger partial charge >= 0.3 is 0 Å². The lowest BCUT2D eigenvalue weighted by Crippen LogP contribution is -2.62. The number of rotatable bonds is 9. The van der Waals surface area contributed by atoms with E-state index in [1.165, 1.54) is 13.0 Å². The molecule has 2 unspecified atom stereocenters. The van der Waals surface area contributed by atoms with Gasteiger partial charge in [-0.1, -0.05) is 45.9 Å². The highest BCUT2D eigenvalue weighted by atomic mass is 19.3. The van der Waals surface area contributed by atoms with Crippen LogP contribution in [0.1, 0.15) is 79.9 Å². The third-order valence-corrected chi connectivity index (χ3v) is 7.93. The summed E-state index contributed by atoms with van der Waals surface area (Å²) in [5.41, 5.74) is 2.59. The molecular weight excluding hydrogens is 508 g/mol. The fraction of sp³-hybridized carbons (Fsp3) is 0.531. The van der Waals surface area contributed by atoms with Gasteiger partial charge in [0.1, 0.15) is 5.84 Å². The second-order valence-corrected chi connectivity index (χ2v) is 10.7. The molecule has 0 aromatic carbocycles. The van der Waals surface area contributed by atoms with E-state index in [1.54, 1.807) is 18.2 Å². The van der Waals surface area contributed by atoms with Crippen LogP contribution in [-0.2, 0) is 10.7 Å². The molecule has 40 heavy (non-hydrogen) atoms. The van der Waals surface area contributed by atoms with E-state index in [4.69, 9.17) is 4.98 Å². The van der Waals surface area contributed by atoms with Gasteiger partial charge in [-0.2, -0.15) is 4.98 Å². The molecule has 1 aromatic heterocycles. The smallest absolute Gasteiger partial charge is 0.273 e. The first kappa shape index (κ1) is 31.6. The summed E-state index contributed by atoms with van der Waals surface area (Å²) in [6.07, 6.45) is 11.6. The quantitative estimate of drug-likeness (QED) is 0.154. The zero-order chi connectivity index (χ0) is 29.5. The van der Waals surface area contributed by atoms with Crippen LogP contribution in [-0.4, -0.2) is 55.5 Å². The monoisotopic (exact) mass is 556 g/mol. The molecule has 3 heterocycles. The molecule has 2 fully saturated rings. The third kappa shape index (κ3) is 7.02. The number of halogens is 2. The summed E-state index contributed by atoms with van der Waals surface area (Å²) in [6.45, 7) is 13.3. The molecule has 2 bridgehead atoms. The number of amidine groups is 1. The van der Waals surface area contributed by atoms with Gasteiger partial charge in [-0.3, -0.25) is 14.3 Å². The van der Waals surface area contributed by atoms with Gasteiger partial charge in [-0.25, -0.2) is 8.78 Å². The van der Waals surface area contributed by atoms with Crippen molar-refractivity contribution in [1.29, 1.82) is 0 Å². The van der Waals surface area contributed by atoms with Crippen molar-refractivity contribution >= 4 is 23.1 Å². The number of piperazine rings is 1. The zero-order valence-electron chi connectivity index (χ0n) is 25.2. The number of carbonyl (C=O) groups excluding carboxylic acids is 1. The van der Waals surface area contributed by atoms with Crippen molar-refractivity contribution < 1.29 is 15.0 Å². The molecule has 0 saturated carbocycles. The van der Waals surface area contributed by atoms with Crippen molar-refractivity contribution in [3.05, 3.63) is 64.9 Å². The minimum Gasteiger partial charge on any atom is -0.307 e. The standard InChI is InChI=1S/C30H39F2N5O.C2H6.H2/c1-6-9-15-33-28(36-29(38)21-11-10-12-21)25(7-2)20(4)26-16-22(30(31,32)8-3)17-27(35-26)37(5)18-23-13-14-24(19-37)34-23;1-2;/h6,9-12,16-17,23-24,34H,7-8,13-15,18-19H2,1-5H3;1-2H3;1H/p+1/b9-6-,25-20+;;. The van der Waals surface area contributed by atoms with Crippen LogP contribution in [0.4, 0.5) is 14.6 Å². The van der Waals surface area contributed by atoms with Crippen LogP contribution >= 0.6 is 0 Å². The molecule has 2 atom stereocenters. The molecule has 0 spiro atoms. The lowest BCUT2D eigenvalue weighted by atomic mass is 9.98. The van der Waals surface area contributed by atoms with Gasteiger partial charge < -0.3 is 10.6 Å². The first-order chi connectivity index (χ1) is 19.1. The number of pyridine rings is 1. The van der Waals surface area contributed by atoms with Crippen LogP contribution in [0.3, 0.4) is 0 Å². The van der Waals surface area contributed by atoms with Crippen LogP contribution < -0.4 is 15.1 Å². The number of allylic oxidation sites excluding steroid dienone is 4. The van der Waals surface area contributed by atoms with E-state index in [-0.39, 0.29) is 19.3 Å². The Hall–Kier alpha value is -2.97. The minimum atomic E-state index is -2.97. The maximum atomic E-state index is 15.2. The van der Waals surface area contributed by atoms with Gasteiger partial charge in [-0.05, 0) is 62.5 Å². The van der Waals surface area contributed by atoms with Gasteiger partial charge in [-0.15, -0.1) is 0 Å². The molecule has 8 heteroatoms. The number of fused-ring (bicyclic) bond motifs is 2. The summed E-state index contributed by atoms with van der Waals surface area (Å²) in [6, 6.07) is 3.87. The number of aliphatic imine (C=N–C) groups is 1. The molecule has 220 valence electrons. The molecule has 1 amide bonds. The summed E-state index contributed by atoms with van der Waals surface area (Å²) < 4.78 is 30.8. The number of hydrogen-bond donors (Lipinski definition) is 2. The van der Waals surface area contributed by atoms with Gasteiger partial charge in [0.2, 0.25) is 5.82 Å². The number of likely N-dealkylation sites (N-methyl/N-ethyl adjacent to an activating group) is 1. The van der Waals surface area contributed by atoms with Crippen LogP contribution in [0.5, 0.6) is 0 Å². The van der Waals surface area contributed by atoms with E-state index in [1.807, 2.05) is 52.8 Å². The lowest BCUT2D eigenvalue weighted by Gasteiger charge is -2.40. The maximum absolute atomic E-state index is 15.2. The minimum absolute atomic E-state index is 0. The summed E-state index contributed by atoms with van der Waals surface area (Å²) >= 11 is 0. The third-order valence-electron chi connectivity index (χ3n) is 7.93. The van der Waals surface area contributed by atoms with Gasteiger partial charge in [0.25, 0.3) is 11.8 Å². The second kappa shape index (κ2) is 13.6. The molecule has 2 N–H and O–H groups in total. The number of carbonyl (C=O) groups is 1. The Kier molecular flexibility index (Phi) is 10.7. The summed E-state index contributed by atoms with van der Waals surface area (Å²) in [5.74, 6) is -2.09. The number of quaternary nitrogens is 1. The molecule has 1 aromatic rings. The van der Waals surface area contributed by atoms with Crippen molar-refractivity contribution in [2.45, 2.75) is 85.2 Å². The average Bonchev–Trinajstić information content (AvgIpc) is 3.27. The first-order valence-electron chi connectivity index (χ1n) is 14.7. The van der Waals surface area contributed by atoms with Crippen molar-refractivity contribution in [3.8, 4) is 0 Å².